The van der Waals surface area contributed by atoms with Crippen LogP contribution >= 0.6 is 0 Å². The van der Waals surface area contributed by atoms with Crippen LogP contribution in [-0.2, 0) is 25.5 Å². The van der Waals surface area contributed by atoms with Crippen LogP contribution in [0.1, 0.15) is 17.2 Å². The molecule has 37 heavy (non-hydrogen) atoms. The Morgan fingerprint density at radius 2 is 1.68 bits per heavy atom. The number of fused-ring (bicyclic) bond motifs is 2. The lowest BCUT2D eigenvalue weighted by Crippen LogP contribution is -2.57. The minimum atomic E-state index is -1.38. The van der Waals surface area contributed by atoms with Crippen molar-refractivity contribution in [1.82, 2.24) is 10.2 Å². The summed E-state index contributed by atoms with van der Waals surface area (Å²) >= 11 is 0. The third-order valence-corrected chi connectivity index (χ3v) is 7.73. The first-order chi connectivity index (χ1) is 17.9. The largest absolute Gasteiger partial charge is 0.468 e. The molecule has 0 aromatic heterocycles. The van der Waals surface area contributed by atoms with Crippen molar-refractivity contribution in [2.45, 2.75) is 18.0 Å². The summed E-state index contributed by atoms with van der Waals surface area (Å²) in [6.07, 6.45) is 0.223. The molecule has 4 atom stereocenters. The maximum Gasteiger partial charge on any atom is 0.327 e. The molecular weight excluding hydrogens is 472 g/mol. The highest BCUT2D eigenvalue weighted by Crippen LogP contribution is 2.50. The average Bonchev–Trinajstić information content (AvgIpc) is 3.60. The SMILES string of the molecule is COC(=O)[C@]1(Cc2ccccc2)NC(c2ccc(-c3ccc4c(c3)OCO4)cc2)C2C(=O)N(C)C(=O)C21. The van der Waals surface area contributed by atoms with E-state index in [1.54, 1.807) is 0 Å². The van der Waals surface area contributed by atoms with E-state index in [0.717, 1.165) is 27.2 Å². The molecule has 3 heterocycles. The van der Waals surface area contributed by atoms with Gasteiger partial charge in [0.1, 0.15) is 5.54 Å². The fourth-order valence-corrected chi connectivity index (χ4v) is 5.92. The molecule has 1 N–H and O–H groups in total. The van der Waals surface area contributed by atoms with Gasteiger partial charge in [-0.3, -0.25) is 24.6 Å². The van der Waals surface area contributed by atoms with Crippen LogP contribution in [-0.4, -0.2) is 49.2 Å². The van der Waals surface area contributed by atoms with E-state index in [-0.39, 0.29) is 25.0 Å². The third-order valence-electron chi connectivity index (χ3n) is 7.73. The molecule has 3 aliphatic heterocycles. The molecule has 3 aliphatic rings. The predicted octanol–water partition coefficient (Wildman–Crippen LogP) is 3.11. The average molecular weight is 499 g/mol. The number of likely N-dealkylation sites (tertiary alicyclic amines) is 1. The number of imide groups is 1. The zero-order valence-corrected chi connectivity index (χ0v) is 20.5. The summed E-state index contributed by atoms with van der Waals surface area (Å²) in [6.45, 7) is 0.208. The van der Waals surface area contributed by atoms with Crippen molar-refractivity contribution < 1.29 is 28.6 Å². The molecule has 8 nitrogen and oxygen atoms in total. The van der Waals surface area contributed by atoms with E-state index in [0.29, 0.717) is 11.5 Å². The van der Waals surface area contributed by atoms with Gasteiger partial charge in [0.25, 0.3) is 0 Å². The first kappa shape index (κ1) is 23.2. The smallest absolute Gasteiger partial charge is 0.327 e. The second kappa shape index (κ2) is 8.74. The lowest BCUT2D eigenvalue weighted by molar-refractivity contribution is -0.153. The highest BCUT2D eigenvalue weighted by molar-refractivity contribution is 6.09. The van der Waals surface area contributed by atoms with Crippen LogP contribution in [0.5, 0.6) is 11.5 Å². The fourth-order valence-electron chi connectivity index (χ4n) is 5.92. The predicted molar refractivity (Wildman–Crippen MR) is 134 cm³/mol. The zero-order chi connectivity index (χ0) is 25.7. The Bertz CT molecular complexity index is 1390. The van der Waals surface area contributed by atoms with Gasteiger partial charge in [-0.05, 0) is 34.4 Å². The zero-order valence-electron chi connectivity index (χ0n) is 20.5. The molecular formula is C29H26N2O6. The van der Waals surface area contributed by atoms with Crippen LogP contribution in [0, 0.1) is 11.8 Å². The minimum absolute atomic E-state index is 0.208. The second-order valence-electron chi connectivity index (χ2n) is 9.68. The number of hydrogen-bond donors (Lipinski definition) is 1. The first-order valence-electron chi connectivity index (χ1n) is 12.1. The number of carbonyl (C=O) groups is 3. The van der Waals surface area contributed by atoms with Crippen LogP contribution in [0.2, 0.25) is 0 Å². The van der Waals surface area contributed by atoms with Crippen molar-refractivity contribution >= 4 is 17.8 Å². The molecule has 8 heteroatoms. The van der Waals surface area contributed by atoms with Crippen molar-refractivity contribution in [2.75, 3.05) is 21.0 Å². The molecule has 3 unspecified atom stereocenters. The maximum atomic E-state index is 13.4. The van der Waals surface area contributed by atoms with Gasteiger partial charge in [0.15, 0.2) is 11.5 Å². The van der Waals surface area contributed by atoms with Crippen LogP contribution < -0.4 is 14.8 Å². The van der Waals surface area contributed by atoms with Crippen molar-refractivity contribution in [3.05, 3.63) is 83.9 Å². The van der Waals surface area contributed by atoms with Gasteiger partial charge < -0.3 is 14.2 Å². The standard InChI is InChI=1S/C29H26N2O6/c1-31-26(32)23-24(27(31)33)29(28(34)35-2,15-17-6-4-3-5-7-17)30-25(23)19-10-8-18(9-11-19)20-12-13-21-22(14-20)37-16-36-21/h3-14,23-25,30H,15-16H2,1-2H3/t23?,24?,25?,29-/m1/s1. The van der Waals surface area contributed by atoms with Gasteiger partial charge in [-0.2, -0.15) is 0 Å². The Balaban J connectivity index is 1.39. The molecule has 188 valence electrons. The molecule has 0 radical (unpaired) electrons. The Kier molecular flexibility index (Phi) is 5.49. The number of nitrogens with zero attached hydrogens (tertiary/aromatic N) is 1. The Labute approximate surface area is 214 Å². The Morgan fingerprint density at radius 1 is 0.973 bits per heavy atom. The van der Waals surface area contributed by atoms with Gasteiger partial charge in [-0.1, -0.05) is 60.7 Å². The van der Waals surface area contributed by atoms with Gasteiger partial charge >= 0.3 is 5.97 Å². The summed E-state index contributed by atoms with van der Waals surface area (Å²) in [5.74, 6) is -1.42. The van der Waals surface area contributed by atoms with Crippen molar-refractivity contribution in [1.29, 1.82) is 0 Å². The highest BCUT2D eigenvalue weighted by atomic mass is 16.7. The van der Waals surface area contributed by atoms with Crippen LogP contribution in [0.4, 0.5) is 0 Å². The summed E-state index contributed by atoms with van der Waals surface area (Å²) in [5, 5.41) is 3.42. The molecule has 0 saturated carbocycles. The Morgan fingerprint density at radius 3 is 2.41 bits per heavy atom. The molecule has 0 spiro atoms. The fraction of sp³-hybridized carbons (Fsp3) is 0.276. The van der Waals surface area contributed by atoms with Gasteiger partial charge in [-0.25, -0.2) is 0 Å². The first-order valence-corrected chi connectivity index (χ1v) is 12.1. The van der Waals surface area contributed by atoms with Crippen molar-refractivity contribution in [3.8, 4) is 22.6 Å². The van der Waals surface area contributed by atoms with Crippen molar-refractivity contribution in [2.24, 2.45) is 11.8 Å². The summed E-state index contributed by atoms with van der Waals surface area (Å²) in [5.41, 5.74) is 2.24. The quantitative estimate of drug-likeness (QED) is 0.427. The summed E-state index contributed by atoms with van der Waals surface area (Å²) in [6, 6.07) is 22.5. The molecule has 3 aromatic carbocycles. The lowest BCUT2D eigenvalue weighted by atomic mass is 9.76. The van der Waals surface area contributed by atoms with E-state index < -0.39 is 29.4 Å². The molecule has 0 bridgehead atoms. The number of ether oxygens (including phenoxy) is 3. The van der Waals surface area contributed by atoms with Crippen LogP contribution in [0.25, 0.3) is 11.1 Å². The maximum absolute atomic E-state index is 13.4. The van der Waals surface area contributed by atoms with Gasteiger partial charge in [-0.15, -0.1) is 0 Å². The topological polar surface area (TPSA) is 94.2 Å². The number of rotatable bonds is 5. The number of hydrogen-bond acceptors (Lipinski definition) is 7. The molecule has 2 saturated heterocycles. The van der Waals surface area contributed by atoms with Gasteiger partial charge in [0.2, 0.25) is 18.6 Å². The molecule has 6 rings (SSSR count). The number of nitrogens with one attached hydrogen (secondary N) is 1. The number of amides is 2. The summed E-state index contributed by atoms with van der Waals surface area (Å²) in [4.78, 5) is 41.2. The molecule has 3 aromatic rings. The number of esters is 1. The number of methoxy groups -OCH3 is 1. The molecule has 2 amide bonds. The lowest BCUT2D eigenvalue weighted by Gasteiger charge is -2.32. The van der Waals surface area contributed by atoms with E-state index in [4.69, 9.17) is 14.2 Å². The summed E-state index contributed by atoms with van der Waals surface area (Å²) in [7, 11) is 2.79. The normalized spacial score (nSPS) is 25.9. The van der Waals surface area contributed by atoms with Crippen LogP contribution in [0.3, 0.4) is 0 Å². The minimum Gasteiger partial charge on any atom is -0.468 e. The van der Waals surface area contributed by atoms with Gasteiger partial charge in [0, 0.05) is 19.5 Å². The van der Waals surface area contributed by atoms with E-state index in [9.17, 15) is 14.4 Å². The second-order valence-corrected chi connectivity index (χ2v) is 9.68. The van der Waals surface area contributed by atoms with E-state index >= 15 is 0 Å². The Hall–Kier alpha value is -4.17. The molecule has 2 fully saturated rings. The van der Waals surface area contributed by atoms with Crippen molar-refractivity contribution in [3.63, 3.8) is 0 Å². The van der Waals surface area contributed by atoms with Gasteiger partial charge in [0.05, 0.1) is 18.9 Å². The highest BCUT2D eigenvalue weighted by Gasteiger charge is 2.68. The number of benzene rings is 3. The van der Waals surface area contributed by atoms with Crippen LogP contribution in [0.15, 0.2) is 72.8 Å². The van der Waals surface area contributed by atoms with E-state index in [1.807, 2.05) is 72.8 Å². The summed E-state index contributed by atoms with van der Waals surface area (Å²) < 4.78 is 16.1. The van der Waals surface area contributed by atoms with E-state index in [2.05, 4.69) is 5.32 Å². The molecule has 0 aliphatic carbocycles. The monoisotopic (exact) mass is 498 g/mol. The van der Waals surface area contributed by atoms with E-state index in [1.165, 1.54) is 14.2 Å². The third kappa shape index (κ3) is 3.59. The number of carbonyl (C=O) groups excluding carboxylic acids is 3.